The van der Waals surface area contributed by atoms with Gasteiger partial charge in [-0.3, -0.25) is 9.48 Å². The van der Waals surface area contributed by atoms with Crippen molar-refractivity contribution in [1.29, 1.82) is 0 Å². The fourth-order valence-corrected chi connectivity index (χ4v) is 3.29. The van der Waals surface area contributed by atoms with Crippen molar-refractivity contribution < 1.29 is 4.79 Å². The summed E-state index contributed by atoms with van der Waals surface area (Å²) in [6, 6.07) is 10.5. The fourth-order valence-electron chi connectivity index (χ4n) is 2.44. The molecule has 1 heterocycles. The van der Waals surface area contributed by atoms with Crippen LogP contribution in [0.25, 0.3) is 0 Å². The van der Waals surface area contributed by atoms with Gasteiger partial charge in [0.05, 0.1) is 22.3 Å². The summed E-state index contributed by atoms with van der Waals surface area (Å²) in [5.74, 6) is 0.860. The van der Waals surface area contributed by atoms with Gasteiger partial charge in [0.1, 0.15) is 0 Å². The van der Waals surface area contributed by atoms with Crippen LogP contribution in [-0.4, -0.2) is 20.9 Å². The molecule has 5 heteroatoms. The number of carbonyl (C=O) groups is 1. The summed E-state index contributed by atoms with van der Waals surface area (Å²) in [6.45, 7) is 10.0. The molecule has 1 atom stereocenters. The van der Waals surface area contributed by atoms with Crippen LogP contribution in [0.15, 0.2) is 30.3 Å². The van der Waals surface area contributed by atoms with E-state index in [1.165, 1.54) is 5.56 Å². The number of nitrogens with one attached hydrogen (secondary N) is 1. The topological polar surface area (TPSA) is 46.9 Å². The molecule has 0 spiro atoms. The zero-order valence-corrected chi connectivity index (χ0v) is 15.3. The lowest BCUT2D eigenvalue weighted by Gasteiger charge is -2.13. The first-order valence-corrected chi connectivity index (χ1v) is 8.97. The van der Waals surface area contributed by atoms with Crippen molar-refractivity contribution in [2.75, 3.05) is 5.32 Å². The van der Waals surface area contributed by atoms with E-state index in [-0.39, 0.29) is 17.2 Å². The standard InChI is InChI=1S/C18H25N3OS/c1-12(2)21-14(4)17(13(3)20-21)19-18(22)15(5)23-11-16-9-7-6-8-10-16/h6-10,12,15H,11H2,1-5H3,(H,19,22)/t15-/m0/s1. The number of benzene rings is 1. The molecule has 0 saturated carbocycles. The van der Waals surface area contributed by atoms with Crippen LogP contribution in [0.1, 0.15) is 43.8 Å². The minimum Gasteiger partial charge on any atom is -0.322 e. The maximum atomic E-state index is 12.4. The molecule has 0 radical (unpaired) electrons. The van der Waals surface area contributed by atoms with Crippen LogP contribution in [-0.2, 0) is 10.5 Å². The molecule has 0 unspecified atom stereocenters. The summed E-state index contributed by atoms with van der Waals surface area (Å²) < 4.78 is 1.95. The minimum absolute atomic E-state index is 0.0282. The third-order valence-electron chi connectivity index (χ3n) is 3.77. The van der Waals surface area contributed by atoms with Crippen LogP contribution in [0.2, 0.25) is 0 Å². The molecule has 0 aliphatic carbocycles. The summed E-state index contributed by atoms with van der Waals surface area (Å²) >= 11 is 1.64. The lowest BCUT2D eigenvalue weighted by molar-refractivity contribution is -0.115. The number of anilines is 1. The first kappa shape index (κ1) is 17.6. The Kier molecular flexibility index (Phi) is 5.88. The number of hydrogen-bond acceptors (Lipinski definition) is 3. The van der Waals surface area contributed by atoms with Crippen molar-refractivity contribution in [2.45, 2.75) is 51.7 Å². The Morgan fingerprint density at radius 2 is 1.87 bits per heavy atom. The number of aryl methyl sites for hydroxylation is 1. The van der Waals surface area contributed by atoms with Gasteiger partial charge in [0.2, 0.25) is 5.91 Å². The van der Waals surface area contributed by atoms with Gasteiger partial charge in [0.25, 0.3) is 0 Å². The average molecular weight is 331 g/mol. The molecule has 124 valence electrons. The van der Waals surface area contributed by atoms with E-state index in [4.69, 9.17) is 0 Å². The molecule has 1 N–H and O–H groups in total. The molecule has 4 nitrogen and oxygen atoms in total. The van der Waals surface area contributed by atoms with Gasteiger partial charge in [-0.2, -0.15) is 5.10 Å². The number of carbonyl (C=O) groups excluding carboxylic acids is 1. The monoisotopic (exact) mass is 331 g/mol. The van der Waals surface area contributed by atoms with Gasteiger partial charge in [0, 0.05) is 11.8 Å². The number of thioether (sulfide) groups is 1. The Labute approximate surface area is 142 Å². The second-order valence-corrected chi connectivity index (χ2v) is 7.34. The lowest BCUT2D eigenvalue weighted by Crippen LogP contribution is -2.23. The smallest absolute Gasteiger partial charge is 0.237 e. The van der Waals surface area contributed by atoms with Crippen molar-refractivity contribution in [3.05, 3.63) is 47.3 Å². The van der Waals surface area contributed by atoms with E-state index in [2.05, 4.69) is 36.4 Å². The second-order valence-electron chi connectivity index (χ2n) is 6.01. The van der Waals surface area contributed by atoms with Gasteiger partial charge in [-0.1, -0.05) is 30.3 Å². The average Bonchev–Trinajstić information content (AvgIpc) is 2.81. The maximum absolute atomic E-state index is 12.4. The molecule has 1 aromatic carbocycles. The van der Waals surface area contributed by atoms with E-state index in [0.29, 0.717) is 0 Å². The van der Waals surface area contributed by atoms with E-state index in [1.54, 1.807) is 11.8 Å². The summed E-state index contributed by atoms with van der Waals surface area (Å²) in [5, 5.41) is 7.44. The van der Waals surface area contributed by atoms with E-state index in [9.17, 15) is 4.79 Å². The Balaban J connectivity index is 1.99. The Morgan fingerprint density at radius 3 is 2.43 bits per heavy atom. The van der Waals surface area contributed by atoms with Gasteiger partial charge < -0.3 is 5.32 Å². The van der Waals surface area contributed by atoms with E-state index < -0.39 is 0 Å². The summed E-state index contributed by atoms with van der Waals surface area (Å²) in [7, 11) is 0. The molecule has 0 bridgehead atoms. The van der Waals surface area contributed by atoms with Crippen molar-refractivity contribution in [1.82, 2.24) is 9.78 Å². The molecular weight excluding hydrogens is 306 g/mol. The summed E-state index contributed by atoms with van der Waals surface area (Å²) in [4.78, 5) is 12.4. The van der Waals surface area contributed by atoms with Gasteiger partial charge >= 0.3 is 0 Å². The van der Waals surface area contributed by atoms with Crippen molar-refractivity contribution in [2.24, 2.45) is 0 Å². The van der Waals surface area contributed by atoms with Crippen LogP contribution >= 0.6 is 11.8 Å². The van der Waals surface area contributed by atoms with Crippen LogP contribution in [0.5, 0.6) is 0 Å². The predicted molar refractivity (Wildman–Crippen MR) is 97.9 cm³/mol. The second kappa shape index (κ2) is 7.68. The van der Waals surface area contributed by atoms with Crippen LogP contribution in [0, 0.1) is 13.8 Å². The number of nitrogens with zero attached hydrogens (tertiary/aromatic N) is 2. The highest BCUT2D eigenvalue weighted by Crippen LogP contribution is 2.24. The Morgan fingerprint density at radius 1 is 1.22 bits per heavy atom. The third kappa shape index (κ3) is 4.38. The molecule has 2 rings (SSSR count). The molecule has 2 aromatic rings. The fraction of sp³-hybridized carbons (Fsp3) is 0.444. The largest absolute Gasteiger partial charge is 0.322 e. The molecule has 0 fully saturated rings. The Bertz CT molecular complexity index is 664. The Hall–Kier alpha value is -1.75. The van der Waals surface area contributed by atoms with Crippen LogP contribution in [0.3, 0.4) is 0 Å². The highest BCUT2D eigenvalue weighted by atomic mass is 32.2. The van der Waals surface area contributed by atoms with Crippen LogP contribution < -0.4 is 5.32 Å². The zero-order valence-electron chi connectivity index (χ0n) is 14.5. The highest BCUT2D eigenvalue weighted by molar-refractivity contribution is 7.99. The third-order valence-corrected chi connectivity index (χ3v) is 4.99. The maximum Gasteiger partial charge on any atom is 0.237 e. The normalized spacial score (nSPS) is 12.4. The van der Waals surface area contributed by atoms with Crippen LogP contribution in [0.4, 0.5) is 5.69 Å². The van der Waals surface area contributed by atoms with Crippen molar-refractivity contribution in [3.63, 3.8) is 0 Å². The zero-order chi connectivity index (χ0) is 17.0. The number of aromatic nitrogens is 2. The van der Waals surface area contributed by atoms with E-state index >= 15 is 0 Å². The molecule has 1 aromatic heterocycles. The lowest BCUT2D eigenvalue weighted by atomic mass is 10.2. The molecule has 0 aliphatic heterocycles. The van der Waals surface area contributed by atoms with Gasteiger partial charge in [-0.25, -0.2) is 0 Å². The molecule has 0 saturated heterocycles. The number of rotatable bonds is 6. The first-order valence-electron chi connectivity index (χ1n) is 7.92. The number of hydrogen-bond donors (Lipinski definition) is 1. The van der Waals surface area contributed by atoms with Gasteiger partial charge in [0.15, 0.2) is 0 Å². The summed E-state index contributed by atoms with van der Waals surface area (Å²) in [5.41, 5.74) is 3.95. The molecule has 23 heavy (non-hydrogen) atoms. The highest BCUT2D eigenvalue weighted by Gasteiger charge is 2.19. The number of amides is 1. The molecule has 0 aliphatic rings. The molecular formula is C18H25N3OS. The SMILES string of the molecule is Cc1nn(C(C)C)c(C)c1NC(=O)[C@H](C)SCc1ccccc1. The predicted octanol–water partition coefficient (Wildman–Crippen LogP) is 4.34. The van der Waals surface area contributed by atoms with Gasteiger partial charge in [-0.15, -0.1) is 11.8 Å². The first-order chi connectivity index (χ1) is 10.9. The van der Waals surface area contributed by atoms with E-state index in [0.717, 1.165) is 22.8 Å². The minimum atomic E-state index is -0.114. The van der Waals surface area contributed by atoms with Crippen molar-refractivity contribution in [3.8, 4) is 0 Å². The van der Waals surface area contributed by atoms with Gasteiger partial charge in [-0.05, 0) is 40.2 Å². The molecule has 1 amide bonds. The quantitative estimate of drug-likeness (QED) is 0.856. The van der Waals surface area contributed by atoms with E-state index in [1.807, 2.05) is 43.7 Å². The van der Waals surface area contributed by atoms with Crippen molar-refractivity contribution >= 4 is 23.4 Å². The summed E-state index contributed by atoms with van der Waals surface area (Å²) in [6.07, 6.45) is 0.